The Bertz CT molecular complexity index is 2420. The predicted molar refractivity (Wildman–Crippen MR) is 297 cm³/mol. The molecule has 0 fully saturated rings. The summed E-state index contributed by atoms with van der Waals surface area (Å²) in [5, 5.41) is 0. The van der Waals surface area contributed by atoms with Gasteiger partial charge in [-0.25, -0.2) is 0 Å². The standard InChI is InChI=1S/C66H72O6/c1-13-19-67-61-49-25-43(7)26-50(61)38-52-28-45(9)30-54(63(52)69-21-15-3)40-56-32-47(11)34-58(65(56)71-23-17-5)42-60-36-48(12)35-59(66(60)72-24-18-6)41-57-33-46(10)31-55(64(57)70-22-16-4)39-53-29-44(8)27-51(37-49)62(53)68-20-14-2/h13-36H,37-42H2,1-12H3/b19-13-,20-14+,21-15?,22-16?,23-17+,24-18+. The highest BCUT2D eigenvalue weighted by Gasteiger charge is 2.24. The molecule has 0 unspecified atom stereocenters. The van der Waals surface area contributed by atoms with E-state index in [0.29, 0.717) is 38.5 Å². The Labute approximate surface area is 429 Å². The summed E-state index contributed by atoms with van der Waals surface area (Å²) in [6.45, 7) is 24.8. The second-order valence-electron chi connectivity index (χ2n) is 19.1. The fourth-order valence-electron chi connectivity index (χ4n) is 10.1. The first-order valence-electron chi connectivity index (χ1n) is 25.3. The summed E-state index contributed by atoms with van der Waals surface area (Å²) in [6.07, 6.45) is 25.7. The van der Waals surface area contributed by atoms with Crippen molar-refractivity contribution in [2.24, 2.45) is 0 Å². The molecule has 0 spiro atoms. The minimum Gasteiger partial charge on any atom is -0.465 e. The van der Waals surface area contributed by atoms with Gasteiger partial charge in [-0.2, -0.15) is 0 Å². The smallest absolute Gasteiger partial charge is 0.133 e. The lowest BCUT2D eigenvalue weighted by molar-refractivity contribution is 0.457. The number of benzene rings is 6. The Morgan fingerprint density at radius 2 is 0.333 bits per heavy atom. The quantitative estimate of drug-likeness (QED) is 0.114. The minimum atomic E-state index is 0.570. The number of allylic oxidation sites excluding steroid dienone is 6. The number of rotatable bonds is 12. The average molecular weight is 961 g/mol. The van der Waals surface area contributed by atoms with E-state index in [1.54, 1.807) is 37.6 Å². The Morgan fingerprint density at radius 3 is 0.431 bits per heavy atom. The van der Waals surface area contributed by atoms with Gasteiger partial charge in [-0.1, -0.05) is 143 Å². The van der Waals surface area contributed by atoms with Crippen LogP contribution in [0.25, 0.3) is 0 Å². The Morgan fingerprint density at radius 1 is 0.222 bits per heavy atom. The highest BCUT2D eigenvalue weighted by Crippen LogP contribution is 2.42. The predicted octanol–water partition coefficient (Wildman–Crippen LogP) is 16.9. The molecule has 6 aromatic rings. The Balaban J connectivity index is 1.57. The van der Waals surface area contributed by atoms with Gasteiger partial charge in [-0.05, 0) is 150 Å². The van der Waals surface area contributed by atoms with E-state index < -0.39 is 0 Å². The van der Waals surface area contributed by atoms with Crippen LogP contribution >= 0.6 is 0 Å². The first-order valence-corrected chi connectivity index (χ1v) is 25.3. The molecule has 0 atom stereocenters. The molecule has 6 aromatic carbocycles. The van der Waals surface area contributed by atoms with Crippen LogP contribution in [0.5, 0.6) is 34.5 Å². The highest BCUT2D eigenvalue weighted by atomic mass is 16.5. The van der Waals surface area contributed by atoms with Gasteiger partial charge in [0.2, 0.25) is 0 Å². The molecule has 0 N–H and O–H groups in total. The van der Waals surface area contributed by atoms with Crippen molar-refractivity contribution in [3.8, 4) is 34.5 Å². The average Bonchev–Trinajstić information content (AvgIpc) is 3.32. The van der Waals surface area contributed by atoms with Gasteiger partial charge in [-0.15, -0.1) is 0 Å². The largest absolute Gasteiger partial charge is 0.465 e. The zero-order valence-corrected chi connectivity index (χ0v) is 44.5. The molecule has 1 aliphatic rings. The van der Waals surface area contributed by atoms with E-state index in [-0.39, 0.29) is 0 Å². The summed E-state index contributed by atoms with van der Waals surface area (Å²) in [7, 11) is 0. The van der Waals surface area contributed by atoms with Gasteiger partial charge in [0.25, 0.3) is 0 Å². The summed E-state index contributed by atoms with van der Waals surface area (Å²) in [4.78, 5) is 0. The summed E-state index contributed by atoms with van der Waals surface area (Å²) < 4.78 is 40.1. The van der Waals surface area contributed by atoms with Gasteiger partial charge in [-0.3, -0.25) is 0 Å². The molecule has 0 amide bonds. The third-order valence-electron chi connectivity index (χ3n) is 12.5. The molecule has 7 rings (SSSR count). The van der Waals surface area contributed by atoms with E-state index in [2.05, 4.69) is 114 Å². The zero-order chi connectivity index (χ0) is 51.3. The van der Waals surface area contributed by atoms with Crippen molar-refractivity contribution in [3.63, 3.8) is 0 Å². The number of aryl methyl sites for hydroxylation is 6. The van der Waals surface area contributed by atoms with Crippen LogP contribution in [-0.2, 0) is 38.5 Å². The fraction of sp³-hybridized carbons (Fsp3) is 0.273. The molecule has 0 radical (unpaired) electrons. The minimum absolute atomic E-state index is 0.570. The molecule has 0 aromatic heterocycles. The molecule has 0 heterocycles. The van der Waals surface area contributed by atoms with Crippen LogP contribution in [-0.4, -0.2) is 0 Å². The van der Waals surface area contributed by atoms with Crippen LogP contribution in [0.15, 0.2) is 147 Å². The van der Waals surface area contributed by atoms with E-state index in [9.17, 15) is 0 Å². The Kier molecular flexibility index (Phi) is 17.9. The molecule has 372 valence electrons. The monoisotopic (exact) mass is 961 g/mol. The second kappa shape index (κ2) is 24.6. The van der Waals surface area contributed by atoms with Crippen LogP contribution in [0.2, 0.25) is 0 Å². The lowest BCUT2D eigenvalue weighted by Gasteiger charge is -2.22. The van der Waals surface area contributed by atoms with Crippen molar-refractivity contribution in [2.75, 3.05) is 0 Å². The normalized spacial score (nSPS) is 13.2. The van der Waals surface area contributed by atoms with Crippen molar-refractivity contribution in [1.82, 2.24) is 0 Å². The van der Waals surface area contributed by atoms with Crippen LogP contribution in [0.1, 0.15) is 142 Å². The van der Waals surface area contributed by atoms with Crippen molar-refractivity contribution in [1.29, 1.82) is 0 Å². The van der Waals surface area contributed by atoms with Crippen LogP contribution in [0.3, 0.4) is 0 Å². The Hall–Kier alpha value is -7.44. The maximum absolute atomic E-state index is 6.68. The first kappa shape index (κ1) is 52.4. The zero-order valence-electron chi connectivity index (χ0n) is 44.5. The van der Waals surface area contributed by atoms with Crippen molar-refractivity contribution >= 4 is 0 Å². The summed E-state index contributed by atoms with van der Waals surface area (Å²) >= 11 is 0. The van der Waals surface area contributed by atoms with E-state index >= 15 is 0 Å². The third-order valence-corrected chi connectivity index (χ3v) is 12.5. The maximum Gasteiger partial charge on any atom is 0.133 e. The highest BCUT2D eigenvalue weighted by molar-refractivity contribution is 5.60. The molecule has 6 nitrogen and oxygen atoms in total. The number of fused-ring (bicyclic) bond motifs is 12. The van der Waals surface area contributed by atoms with E-state index in [1.807, 2.05) is 78.0 Å². The molecule has 0 saturated carbocycles. The van der Waals surface area contributed by atoms with E-state index in [1.165, 1.54) is 0 Å². The molecule has 0 saturated heterocycles. The lowest BCUT2D eigenvalue weighted by Crippen LogP contribution is -2.07. The van der Waals surface area contributed by atoms with Gasteiger partial charge in [0.05, 0.1) is 37.6 Å². The van der Waals surface area contributed by atoms with Crippen LogP contribution < -0.4 is 28.4 Å². The number of ether oxygens (including phenoxy) is 6. The van der Waals surface area contributed by atoms with Crippen LogP contribution in [0.4, 0.5) is 0 Å². The summed E-state index contributed by atoms with van der Waals surface area (Å²) in [6, 6.07) is 26.9. The van der Waals surface area contributed by atoms with Crippen molar-refractivity contribution in [2.45, 2.75) is 122 Å². The molecule has 0 aliphatic heterocycles. The molecule has 72 heavy (non-hydrogen) atoms. The summed E-state index contributed by atoms with van der Waals surface area (Å²) in [5.74, 6) is 4.92. The fourth-order valence-corrected chi connectivity index (χ4v) is 10.1. The van der Waals surface area contributed by atoms with Gasteiger partial charge in [0.15, 0.2) is 0 Å². The van der Waals surface area contributed by atoms with Gasteiger partial charge < -0.3 is 28.4 Å². The first-order chi connectivity index (χ1) is 34.9. The third kappa shape index (κ3) is 12.7. The van der Waals surface area contributed by atoms with E-state index in [4.69, 9.17) is 28.4 Å². The van der Waals surface area contributed by atoms with Crippen LogP contribution in [0, 0.1) is 41.5 Å². The molecular formula is C66H72O6. The maximum atomic E-state index is 6.68. The molecule has 12 bridgehead atoms. The van der Waals surface area contributed by atoms with Gasteiger partial charge in [0.1, 0.15) is 34.5 Å². The second-order valence-corrected chi connectivity index (χ2v) is 19.1. The number of hydrogen-bond acceptors (Lipinski definition) is 6. The van der Waals surface area contributed by atoms with Crippen molar-refractivity contribution < 1.29 is 28.4 Å². The number of hydrogen-bond donors (Lipinski definition) is 0. The van der Waals surface area contributed by atoms with E-state index in [0.717, 1.165) is 135 Å². The van der Waals surface area contributed by atoms with Gasteiger partial charge >= 0.3 is 0 Å². The lowest BCUT2D eigenvalue weighted by atomic mass is 9.88. The molecule has 1 aliphatic carbocycles. The topological polar surface area (TPSA) is 55.4 Å². The van der Waals surface area contributed by atoms with Gasteiger partial charge in [0, 0.05) is 38.5 Å². The summed E-state index contributed by atoms with van der Waals surface area (Å²) in [5.41, 5.74) is 19.5. The molecular weight excluding hydrogens is 889 g/mol. The van der Waals surface area contributed by atoms with Crippen molar-refractivity contribution in [3.05, 3.63) is 247 Å². The molecule has 6 heteroatoms. The SMILES string of the molecule is CC=COc1c2cc(C)cc1Cc1cc(C)cc(c1O/C=C/C)Cc1cc(C)cc(c1O/C=C/C)Cc1cc(C)cc(c1OC=CC)Cc1cc(C)cc(c1O/C=C/C)Cc1cc(C)cc(c1O/C=C\C)C2.